The summed E-state index contributed by atoms with van der Waals surface area (Å²) in [6.07, 6.45) is -0.612. The van der Waals surface area contributed by atoms with Crippen molar-refractivity contribution in [1.29, 1.82) is 0 Å². The summed E-state index contributed by atoms with van der Waals surface area (Å²) in [7, 11) is -1.24. The van der Waals surface area contributed by atoms with Crippen LogP contribution in [-0.2, 0) is 26.0 Å². The van der Waals surface area contributed by atoms with Gasteiger partial charge in [-0.1, -0.05) is 18.2 Å². The largest absolute Gasteiger partial charge is 0.505 e. The van der Waals surface area contributed by atoms with Crippen LogP contribution in [0, 0.1) is 6.92 Å². The molecule has 0 aliphatic rings. The highest BCUT2D eigenvalue weighted by Gasteiger charge is 2.33. The highest BCUT2D eigenvalue weighted by molar-refractivity contribution is 7.85. The Labute approximate surface area is 204 Å². The highest BCUT2D eigenvalue weighted by Crippen LogP contribution is 2.32. The number of aliphatic hydroxyl groups is 1. The van der Waals surface area contributed by atoms with Crippen molar-refractivity contribution in [3.05, 3.63) is 47.5 Å². The number of hydrogen-bond acceptors (Lipinski definition) is 9. The quantitative estimate of drug-likeness (QED) is 0.245. The van der Waals surface area contributed by atoms with Crippen LogP contribution in [0.1, 0.15) is 24.5 Å². The monoisotopic (exact) mass is 508 g/mol. The maximum Gasteiger partial charge on any atom is 0.264 e. The van der Waals surface area contributed by atoms with Crippen LogP contribution in [0.2, 0.25) is 0 Å². The standard InChI is InChI=1S/C23H32N4O7S/c1-16-12-17(22(28)20(13-16)27-24-18-8-5-6-9-19(18)25-27)14-23(2,29)26(15-21(33-3)34-4)10-7-11-35(30,31)32/h5-6,8-9,12-13,21,28-29H,7,10-11,14-15H2,1-4H3,(H,30,31,32). The fourth-order valence-electron chi connectivity index (χ4n) is 3.95. The third kappa shape index (κ3) is 6.97. The Morgan fingerprint density at radius 1 is 1.14 bits per heavy atom. The fourth-order valence-corrected chi connectivity index (χ4v) is 4.45. The van der Waals surface area contributed by atoms with E-state index in [9.17, 15) is 18.6 Å². The number of phenolic OH excluding ortho intramolecular Hbond substituents is 1. The topological polar surface area (TPSA) is 147 Å². The molecule has 12 heteroatoms. The molecule has 3 N–H and O–H groups in total. The number of benzene rings is 2. The third-order valence-electron chi connectivity index (χ3n) is 5.75. The van der Waals surface area contributed by atoms with E-state index in [1.54, 1.807) is 24.0 Å². The Balaban J connectivity index is 1.92. The minimum atomic E-state index is -4.15. The first-order chi connectivity index (χ1) is 16.4. The number of aryl methyl sites for hydroxylation is 1. The highest BCUT2D eigenvalue weighted by atomic mass is 32.2. The zero-order chi connectivity index (χ0) is 25.8. The van der Waals surface area contributed by atoms with Crippen molar-refractivity contribution in [1.82, 2.24) is 19.9 Å². The summed E-state index contributed by atoms with van der Waals surface area (Å²) in [4.78, 5) is 2.96. The molecule has 192 valence electrons. The Bertz CT molecular complexity index is 1220. The minimum Gasteiger partial charge on any atom is -0.505 e. The number of aromatic hydroxyl groups is 1. The van der Waals surface area contributed by atoms with Gasteiger partial charge >= 0.3 is 0 Å². The van der Waals surface area contributed by atoms with Crippen LogP contribution in [0.5, 0.6) is 5.75 Å². The molecule has 0 saturated heterocycles. The molecule has 2 aromatic carbocycles. The number of ether oxygens (including phenoxy) is 2. The van der Waals surface area contributed by atoms with Gasteiger partial charge in [0.15, 0.2) is 6.29 Å². The molecule has 1 heterocycles. The number of aromatic nitrogens is 3. The van der Waals surface area contributed by atoms with Crippen LogP contribution in [0.25, 0.3) is 16.7 Å². The third-order valence-corrected chi connectivity index (χ3v) is 6.55. The van der Waals surface area contributed by atoms with Crippen molar-refractivity contribution in [2.75, 3.05) is 33.1 Å². The molecular formula is C23H32N4O7S. The van der Waals surface area contributed by atoms with E-state index < -0.39 is 27.9 Å². The van der Waals surface area contributed by atoms with Gasteiger partial charge in [-0.3, -0.25) is 9.45 Å². The van der Waals surface area contributed by atoms with Gasteiger partial charge in [0.25, 0.3) is 10.1 Å². The molecule has 1 unspecified atom stereocenters. The molecule has 0 aliphatic heterocycles. The van der Waals surface area contributed by atoms with E-state index in [1.165, 1.54) is 19.0 Å². The number of methoxy groups -OCH3 is 2. The Morgan fingerprint density at radius 3 is 2.29 bits per heavy atom. The zero-order valence-corrected chi connectivity index (χ0v) is 21.1. The van der Waals surface area contributed by atoms with Gasteiger partial charge in [-0.15, -0.1) is 15.0 Å². The van der Waals surface area contributed by atoms with Gasteiger partial charge in [-0.25, -0.2) is 0 Å². The maximum atomic E-state index is 11.4. The van der Waals surface area contributed by atoms with Gasteiger partial charge in [-0.2, -0.15) is 8.42 Å². The molecular weight excluding hydrogens is 476 g/mol. The smallest absolute Gasteiger partial charge is 0.264 e. The minimum absolute atomic E-state index is 0.000323. The van der Waals surface area contributed by atoms with Crippen molar-refractivity contribution in [2.45, 2.75) is 38.7 Å². The SMILES string of the molecule is COC(CN(CCCS(=O)(=O)O)C(C)(O)Cc1cc(C)cc(-n2nc3ccccc3n2)c1O)OC. The number of phenols is 1. The van der Waals surface area contributed by atoms with E-state index in [2.05, 4.69) is 10.2 Å². The number of fused-ring (bicyclic) bond motifs is 1. The van der Waals surface area contributed by atoms with Crippen LogP contribution in [0.15, 0.2) is 36.4 Å². The molecule has 0 fully saturated rings. The molecule has 1 aromatic heterocycles. The second-order valence-electron chi connectivity index (χ2n) is 8.65. The molecule has 1 atom stereocenters. The molecule has 3 rings (SSSR count). The Morgan fingerprint density at radius 2 is 1.74 bits per heavy atom. The van der Waals surface area contributed by atoms with Crippen molar-refractivity contribution in [3.8, 4) is 11.4 Å². The Hall–Kier alpha value is -2.61. The van der Waals surface area contributed by atoms with E-state index in [0.717, 1.165) is 5.56 Å². The van der Waals surface area contributed by atoms with Crippen molar-refractivity contribution in [2.24, 2.45) is 0 Å². The molecule has 0 amide bonds. The average molecular weight is 509 g/mol. The molecule has 0 radical (unpaired) electrons. The van der Waals surface area contributed by atoms with Crippen LogP contribution < -0.4 is 0 Å². The number of hydrogen-bond donors (Lipinski definition) is 3. The van der Waals surface area contributed by atoms with E-state index in [1.807, 2.05) is 31.2 Å². The first-order valence-corrected chi connectivity index (χ1v) is 12.7. The lowest BCUT2D eigenvalue weighted by atomic mass is 9.98. The van der Waals surface area contributed by atoms with Crippen molar-refractivity contribution >= 4 is 21.2 Å². The first kappa shape index (κ1) is 27.0. The van der Waals surface area contributed by atoms with Gasteiger partial charge in [0.1, 0.15) is 28.2 Å². The van der Waals surface area contributed by atoms with Crippen molar-refractivity contribution in [3.63, 3.8) is 0 Å². The lowest BCUT2D eigenvalue weighted by Gasteiger charge is -2.39. The van der Waals surface area contributed by atoms with Crippen LogP contribution >= 0.6 is 0 Å². The van der Waals surface area contributed by atoms with Crippen LogP contribution in [0.3, 0.4) is 0 Å². The normalized spacial score (nSPS) is 14.2. The van der Waals surface area contributed by atoms with Gasteiger partial charge in [-0.05, 0) is 44.0 Å². The van der Waals surface area contributed by atoms with E-state index in [0.29, 0.717) is 22.3 Å². The molecule has 11 nitrogen and oxygen atoms in total. The number of nitrogens with zero attached hydrogens (tertiary/aromatic N) is 4. The predicted octanol–water partition coefficient (Wildman–Crippen LogP) is 1.88. The average Bonchev–Trinajstić information content (AvgIpc) is 3.21. The van der Waals surface area contributed by atoms with Gasteiger partial charge in [0.05, 0.1) is 12.3 Å². The van der Waals surface area contributed by atoms with Gasteiger partial charge < -0.3 is 19.7 Å². The second kappa shape index (κ2) is 11.0. The van der Waals surface area contributed by atoms with Crippen LogP contribution in [-0.4, -0.2) is 88.2 Å². The maximum absolute atomic E-state index is 11.4. The lowest BCUT2D eigenvalue weighted by Crippen LogP contribution is -2.52. The number of rotatable bonds is 12. The summed E-state index contributed by atoms with van der Waals surface area (Å²) < 4.78 is 42.0. The van der Waals surface area contributed by atoms with Crippen LogP contribution in [0.4, 0.5) is 0 Å². The fraction of sp³-hybridized carbons (Fsp3) is 0.478. The molecule has 35 heavy (non-hydrogen) atoms. The summed E-state index contributed by atoms with van der Waals surface area (Å²) in [5, 5.41) is 31.4. The van der Waals surface area contributed by atoms with E-state index >= 15 is 0 Å². The zero-order valence-electron chi connectivity index (χ0n) is 20.2. The van der Waals surface area contributed by atoms with Gasteiger partial charge in [0.2, 0.25) is 0 Å². The molecule has 0 bridgehead atoms. The second-order valence-corrected chi connectivity index (χ2v) is 10.2. The van der Waals surface area contributed by atoms with E-state index in [-0.39, 0.29) is 31.7 Å². The molecule has 3 aromatic rings. The summed E-state index contributed by atoms with van der Waals surface area (Å²) >= 11 is 0. The molecule has 0 spiro atoms. The summed E-state index contributed by atoms with van der Waals surface area (Å²) in [6.45, 7) is 3.67. The Kier molecular flexibility index (Phi) is 8.46. The molecule has 0 saturated carbocycles. The lowest BCUT2D eigenvalue weighted by molar-refractivity contribution is -0.164. The predicted molar refractivity (Wildman–Crippen MR) is 130 cm³/mol. The summed E-state index contributed by atoms with van der Waals surface area (Å²) in [6, 6.07) is 10.9. The molecule has 0 aliphatic carbocycles. The van der Waals surface area contributed by atoms with Crippen molar-refractivity contribution < 1.29 is 32.7 Å². The summed E-state index contributed by atoms with van der Waals surface area (Å²) in [5.74, 6) is -0.535. The summed E-state index contributed by atoms with van der Waals surface area (Å²) in [5.41, 5.74) is 1.48. The van der Waals surface area contributed by atoms with E-state index in [4.69, 9.17) is 14.0 Å². The first-order valence-electron chi connectivity index (χ1n) is 11.1. The van der Waals surface area contributed by atoms with Gasteiger partial charge in [0, 0.05) is 32.7 Å².